The first kappa shape index (κ1) is 16.4. The van der Waals surface area contributed by atoms with Crippen molar-refractivity contribution in [2.45, 2.75) is 38.7 Å². The van der Waals surface area contributed by atoms with Crippen molar-refractivity contribution in [1.29, 1.82) is 0 Å². The zero-order chi connectivity index (χ0) is 19.0. The van der Waals surface area contributed by atoms with Gasteiger partial charge < -0.3 is 9.09 Å². The third kappa shape index (κ3) is 2.02. The predicted octanol–water partition coefficient (Wildman–Crippen LogP) is 4.56. The van der Waals surface area contributed by atoms with Crippen LogP contribution >= 0.6 is 0 Å². The minimum absolute atomic E-state index is 0.0907. The molecule has 1 saturated heterocycles. The van der Waals surface area contributed by atoms with Crippen LogP contribution < -0.4 is 0 Å². The zero-order valence-corrected chi connectivity index (χ0v) is 15.5. The highest BCUT2D eigenvalue weighted by molar-refractivity contribution is 5.91. The van der Waals surface area contributed by atoms with Crippen molar-refractivity contribution in [1.82, 2.24) is 19.6 Å². The van der Waals surface area contributed by atoms with Crippen LogP contribution in [-0.2, 0) is 6.42 Å². The van der Waals surface area contributed by atoms with E-state index in [9.17, 15) is 8.78 Å². The number of halogens is 2. The molecule has 5 nitrogen and oxygen atoms in total. The van der Waals surface area contributed by atoms with Crippen LogP contribution in [0.15, 0.2) is 34.9 Å². The van der Waals surface area contributed by atoms with E-state index in [2.05, 4.69) is 50.8 Å². The van der Waals surface area contributed by atoms with Crippen molar-refractivity contribution >= 4 is 16.6 Å². The minimum Gasteiger partial charge on any atom is -0.332 e. The number of alkyl halides is 2. The number of hydrogen-bond acceptors (Lipinski definition) is 4. The molecule has 0 amide bonds. The fraction of sp³-hybridized carbons (Fsp3) is 0.429. The average molecular weight is 382 g/mol. The van der Waals surface area contributed by atoms with Gasteiger partial charge in [0.15, 0.2) is 0 Å². The maximum absolute atomic E-state index is 13.1. The van der Waals surface area contributed by atoms with Crippen molar-refractivity contribution in [2.24, 2.45) is 5.41 Å². The molecule has 0 radical (unpaired) electrons. The van der Waals surface area contributed by atoms with E-state index in [4.69, 9.17) is 4.52 Å². The molecule has 144 valence electrons. The van der Waals surface area contributed by atoms with Gasteiger partial charge in [0.2, 0.25) is 5.82 Å². The van der Waals surface area contributed by atoms with E-state index in [0.717, 1.165) is 43.6 Å². The minimum atomic E-state index is -2.74. The number of fused-ring (bicyclic) bond motifs is 3. The highest BCUT2D eigenvalue weighted by Crippen LogP contribution is 2.55. The van der Waals surface area contributed by atoms with Crippen LogP contribution in [0.2, 0.25) is 0 Å². The van der Waals surface area contributed by atoms with Crippen molar-refractivity contribution in [3.05, 3.63) is 53.3 Å². The first-order valence-corrected chi connectivity index (χ1v) is 9.78. The second-order valence-electron chi connectivity index (χ2n) is 8.30. The number of benzene rings is 1. The summed E-state index contributed by atoms with van der Waals surface area (Å²) in [6.45, 7) is 4.42. The standard InChI is InChI=1S/C21H20F2N4O/c1-21-8-4-9-26-10-7-13-12-5-2-3-6-14(12)27(16(13)17(21)26)15(11-21)20-24-19(18(22)23)25-28-20/h2-3,5-6,11,17-18H,4,7-10H2,1H3/t17-,21+/m1/s1. The van der Waals surface area contributed by atoms with E-state index in [-0.39, 0.29) is 11.3 Å². The van der Waals surface area contributed by atoms with E-state index < -0.39 is 12.2 Å². The quantitative estimate of drug-likeness (QED) is 0.652. The van der Waals surface area contributed by atoms with Crippen LogP contribution in [0.3, 0.4) is 0 Å². The van der Waals surface area contributed by atoms with E-state index in [1.54, 1.807) is 0 Å². The Labute approximate surface area is 160 Å². The monoisotopic (exact) mass is 382 g/mol. The molecule has 0 aliphatic carbocycles. The van der Waals surface area contributed by atoms with Crippen LogP contribution in [0.4, 0.5) is 8.78 Å². The molecule has 3 aromatic rings. The van der Waals surface area contributed by atoms with Crippen LogP contribution in [0, 0.1) is 5.41 Å². The Balaban J connectivity index is 1.67. The number of para-hydroxylation sites is 1. The van der Waals surface area contributed by atoms with Gasteiger partial charge in [0.1, 0.15) is 5.70 Å². The van der Waals surface area contributed by atoms with Gasteiger partial charge in [0.25, 0.3) is 5.89 Å². The van der Waals surface area contributed by atoms with Gasteiger partial charge in [-0.3, -0.25) is 4.90 Å². The topological polar surface area (TPSA) is 47.1 Å². The van der Waals surface area contributed by atoms with Crippen LogP contribution in [-0.4, -0.2) is 32.7 Å². The van der Waals surface area contributed by atoms with Gasteiger partial charge in [-0.25, -0.2) is 8.78 Å². The summed E-state index contributed by atoms with van der Waals surface area (Å²) in [5.41, 5.74) is 4.35. The lowest BCUT2D eigenvalue weighted by atomic mass is 9.69. The summed E-state index contributed by atoms with van der Waals surface area (Å²) in [4.78, 5) is 6.60. The Morgan fingerprint density at radius 3 is 2.93 bits per heavy atom. The number of rotatable bonds is 2. The summed E-state index contributed by atoms with van der Waals surface area (Å²) in [6, 6.07) is 8.60. The van der Waals surface area contributed by atoms with Crippen molar-refractivity contribution in [2.75, 3.05) is 13.1 Å². The third-order valence-corrected chi connectivity index (χ3v) is 6.64. The van der Waals surface area contributed by atoms with E-state index in [1.807, 2.05) is 6.07 Å². The molecule has 3 aliphatic heterocycles. The molecule has 28 heavy (non-hydrogen) atoms. The number of aromatic nitrogens is 3. The molecule has 0 saturated carbocycles. The van der Waals surface area contributed by atoms with Crippen molar-refractivity contribution in [3.63, 3.8) is 0 Å². The molecule has 2 atom stereocenters. The Hall–Kier alpha value is -2.54. The van der Waals surface area contributed by atoms with Gasteiger partial charge in [-0.1, -0.05) is 30.3 Å². The van der Waals surface area contributed by atoms with Gasteiger partial charge in [-0.2, -0.15) is 4.98 Å². The highest BCUT2D eigenvalue weighted by atomic mass is 19.3. The van der Waals surface area contributed by atoms with Gasteiger partial charge in [0.05, 0.1) is 11.6 Å². The first-order chi connectivity index (χ1) is 13.6. The maximum atomic E-state index is 13.1. The molecule has 1 fully saturated rings. The Kier molecular flexibility index (Phi) is 3.23. The van der Waals surface area contributed by atoms with E-state index >= 15 is 0 Å². The Morgan fingerprint density at radius 1 is 1.25 bits per heavy atom. The lowest BCUT2D eigenvalue weighted by Crippen LogP contribution is -2.49. The Morgan fingerprint density at radius 2 is 2.11 bits per heavy atom. The molecule has 0 unspecified atom stereocenters. The summed E-state index contributed by atoms with van der Waals surface area (Å²) >= 11 is 0. The number of piperidine rings is 1. The highest BCUT2D eigenvalue weighted by Gasteiger charge is 2.49. The number of nitrogens with zero attached hydrogens (tertiary/aromatic N) is 4. The zero-order valence-electron chi connectivity index (χ0n) is 15.5. The van der Waals surface area contributed by atoms with E-state index in [0.29, 0.717) is 6.04 Å². The second kappa shape index (κ2) is 5.50. The van der Waals surface area contributed by atoms with Crippen molar-refractivity contribution < 1.29 is 13.3 Å². The van der Waals surface area contributed by atoms with Gasteiger partial charge in [-0.05, 0) is 43.5 Å². The summed E-state index contributed by atoms with van der Waals surface area (Å²) in [6.07, 6.45) is 2.61. The molecular weight excluding hydrogens is 362 g/mol. The molecule has 2 aromatic heterocycles. The molecule has 3 aliphatic rings. The molecule has 5 heterocycles. The van der Waals surface area contributed by atoms with E-state index in [1.165, 1.54) is 16.6 Å². The van der Waals surface area contributed by atoms with Crippen LogP contribution in [0.5, 0.6) is 0 Å². The largest absolute Gasteiger partial charge is 0.332 e. The second-order valence-corrected chi connectivity index (χ2v) is 8.30. The molecule has 0 N–H and O–H groups in total. The fourth-order valence-electron chi connectivity index (χ4n) is 5.58. The lowest BCUT2D eigenvalue weighted by molar-refractivity contribution is 0.0409. The Bertz CT molecular complexity index is 1130. The summed E-state index contributed by atoms with van der Waals surface area (Å²) in [5, 5.41) is 4.73. The summed E-state index contributed by atoms with van der Waals surface area (Å²) < 4.78 is 33.7. The molecule has 7 heteroatoms. The van der Waals surface area contributed by atoms with Crippen LogP contribution in [0.25, 0.3) is 16.6 Å². The smallest absolute Gasteiger partial charge is 0.300 e. The molecule has 0 spiro atoms. The maximum Gasteiger partial charge on any atom is 0.300 e. The predicted molar refractivity (Wildman–Crippen MR) is 99.9 cm³/mol. The number of hydrogen-bond donors (Lipinski definition) is 0. The molecular formula is C21H20F2N4O. The lowest BCUT2D eigenvalue weighted by Gasteiger charge is -2.52. The molecule has 6 rings (SSSR count). The summed E-state index contributed by atoms with van der Waals surface area (Å²) in [7, 11) is 0. The first-order valence-electron chi connectivity index (χ1n) is 9.78. The van der Waals surface area contributed by atoms with Crippen molar-refractivity contribution in [3.8, 4) is 0 Å². The SMILES string of the molecule is C[C@@]12C=C(c3nc(C(F)F)no3)n3c4c(c5ccccc53)CCN(CCC1)[C@H]42. The fourth-order valence-corrected chi connectivity index (χ4v) is 5.58. The molecule has 1 aromatic carbocycles. The van der Waals surface area contributed by atoms with Gasteiger partial charge in [0, 0.05) is 23.0 Å². The third-order valence-electron chi connectivity index (χ3n) is 6.64. The van der Waals surface area contributed by atoms with Crippen LogP contribution in [0.1, 0.15) is 55.2 Å². The van der Waals surface area contributed by atoms with Gasteiger partial charge in [-0.15, -0.1) is 0 Å². The summed E-state index contributed by atoms with van der Waals surface area (Å²) in [5.74, 6) is -0.389. The molecule has 0 bridgehead atoms. The normalized spacial score (nSPS) is 26.6. The average Bonchev–Trinajstić information content (AvgIpc) is 3.30. The van der Waals surface area contributed by atoms with Gasteiger partial charge >= 0.3 is 6.43 Å².